The molecule has 0 amide bonds. The van der Waals surface area contributed by atoms with Crippen LogP contribution in [0.15, 0.2) is 48.5 Å². The molecule has 0 heterocycles. The van der Waals surface area contributed by atoms with E-state index in [4.69, 9.17) is 4.74 Å². The quantitative estimate of drug-likeness (QED) is 0.829. The highest BCUT2D eigenvalue weighted by Crippen LogP contribution is 2.60. The van der Waals surface area contributed by atoms with Crippen molar-refractivity contribution in [2.45, 2.75) is 63.8 Å². The zero-order valence-corrected chi connectivity index (χ0v) is 16.6. The summed E-state index contributed by atoms with van der Waals surface area (Å²) in [4.78, 5) is 0. The van der Waals surface area contributed by atoms with Crippen molar-refractivity contribution in [2.75, 3.05) is 0 Å². The number of benzene rings is 2. The van der Waals surface area contributed by atoms with Crippen molar-refractivity contribution in [3.63, 3.8) is 0 Å². The summed E-state index contributed by atoms with van der Waals surface area (Å²) in [7, 11) is 0. The molecule has 5 rings (SSSR count). The lowest BCUT2D eigenvalue weighted by molar-refractivity contribution is -0.0505. The number of aliphatic hydroxyl groups is 2. The Morgan fingerprint density at radius 1 is 1.07 bits per heavy atom. The molecule has 2 saturated carbocycles. The molecule has 148 valence electrons. The Morgan fingerprint density at radius 2 is 1.89 bits per heavy atom. The van der Waals surface area contributed by atoms with Crippen LogP contribution in [0.4, 0.5) is 0 Å². The van der Waals surface area contributed by atoms with E-state index in [1.54, 1.807) is 0 Å². The van der Waals surface area contributed by atoms with E-state index in [2.05, 4.69) is 37.3 Å². The molecule has 0 spiro atoms. The molecule has 2 N–H and O–H groups in total. The van der Waals surface area contributed by atoms with Crippen molar-refractivity contribution in [3.8, 4) is 5.75 Å². The van der Waals surface area contributed by atoms with Crippen LogP contribution < -0.4 is 4.74 Å². The highest BCUT2D eigenvalue weighted by atomic mass is 16.5. The normalized spacial score (nSPS) is 36.3. The van der Waals surface area contributed by atoms with E-state index >= 15 is 0 Å². The van der Waals surface area contributed by atoms with Gasteiger partial charge in [0.1, 0.15) is 12.4 Å². The van der Waals surface area contributed by atoms with Gasteiger partial charge in [0.25, 0.3) is 0 Å². The van der Waals surface area contributed by atoms with Crippen molar-refractivity contribution in [1.82, 2.24) is 0 Å². The van der Waals surface area contributed by atoms with Crippen LogP contribution in [0.25, 0.3) is 0 Å². The van der Waals surface area contributed by atoms with Crippen LogP contribution in [-0.2, 0) is 13.0 Å². The average molecular weight is 379 g/mol. The lowest BCUT2D eigenvalue weighted by Crippen LogP contribution is -2.44. The molecule has 3 nitrogen and oxygen atoms in total. The number of fused-ring (bicyclic) bond motifs is 5. The molecule has 0 radical (unpaired) electrons. The Bertz CT molecular complexity index is 848. The third-order valence-corrected chi connectivity index (χ3v) is 7.92. The first-order valence-electron chi connectivity index (χ1n) is 10.7. The molecule has 2 fully saturated rings. The number of hydrogen-bond donors (Lipinski definition) is 2. The molecule has 3 aliphatic carbocycles. The summed E-state index contributed by atoms with van der Waals surface area (Å²) in [6, 6.07) is 16.9. The van der Waals surface area contributed by atoms with Gasteiger partial charge in [-0.05, 0) is 84.1 Å². The van der Waals surface area contributed by atoms with Gasteiger partial charge in [-0.25, -0.2) is 0 Å². The molecule has 28 heavy (non-hydrogen) atoms. The van der Waals surface area contributed by atoms with Gasteiger partial charge in [0.05, 0.1) is 12.2 Å². The Balaban J connectivity index is 1.35. The summed E-state index contributed by atoms with van der Waals surface area (Å²) in [5, 5.41) is 20.9. The molecule has 0 aromatic heterocycles. The predicted octanol–water partition coefficient (Wildman–Crippen LogP) is 4.45. The number of ether oxygens (including phenoxy) is 1. The second-order valence-electron chi connectivity index (χ2n) is 9.34. The van der Waals surface area contributed by atoms with Gasteiger partial charge in [0.15, 0.2) is 0 Å². The van der Waals surface area contributed by atoms with Gasteiger partial charge >= 0.3 is 0 Å². The fourth-order valence-electron chi connectivity index (χ4n) is 6.38. The molecule has 0 aliphatic heterocycles. The van der Waals surface area contributed by atoms with Crippen molar-refractivity contribution < 1.29 is 14.9 Å². The van der Waals surface area contributed by atoms with Gasteiger partial charge in [-0.1, -0.05) is 43.3 Å². The molecule has 0 bridgehead atoms. The van der Waals surface area contributed by atoms with Crippen LogP contribution in [0.2, 0.25) is 0 Å². The molecule has 0 saturated heterocycles. The minimum absolute atomic E-state index is 0.114. The van der Waals surface area contributed by atoms with E-state index in [-0.39, 0.29) is 5.41 Å². The number of rotatable bonds is 3. The predicted molar refractivity (Wildman–Crippen MR) is 109 cm³/mol. The third kappa shape index (κ3) is 2.87. The van der Waals surface area contributed by atoms with Crippen molar-refractivity contribution in [3.05, 3.63) is 65.2 Å². The van der Waals surface area contributed by atoms with Crippen molar-refractivity contribution in [1.29, 1.82) is 0 Å². The van der Waals surface area contributed by atoms with Crippen LogP contribution in [0.3, 0.4) is 0 Å². The molecule has 6 atom stereocenters. The number of aliphatic hydroxyl groups excluding tert-OH is 2. The van der Waals surface area contributed by atoms with E-state index in [0.29, 0.717) is 24.4 Å². The van der Waals surface area contributed by atoms with Gasteiger partial charge in [-0.2, -0.15) is 0 Å². The van der Waals surface area contributed by atoms with Crippen LogP contribution in [0, 0.1) is 17.3 Å². The number of aryl methyl sites for hydroxylation is 1. The van der Waals surface area contributed by atoms with Crippen LogP contribution in [-0.4, -0.2) is 22.4 Å². The lowest BCUT2D eigenvalue weighted by Gasteiger charge is -2.49. The molecule has 2 aromatic rings. The van der Waals surface area contributed by atoms with Gasteiger partial charge in [-0.15, -0.1) is 0 Å². The van der Waals surface area contributed by atoms with E-state index in [1.807, 2.05) is 18.2 Å². The SMILES string of the molecule is C[C@]12CC[C@H]3c4ccc(OCc5ccccc5)cc4CC[C@H]3[C@H]1C[C@@H](O)[C@H]2O. The molecule has 3 heteroatoms. The highest BCUT2D eigenvalue weighted by molar-refractivity contribution is 5.41. The van der Waals surface area contributed by atoms with Crippen LogP contribution in [0.1, 0.15) is 55.2 Å². The summed E-state index contributed by atoms with van der Waals surface area (Å²) in [5.74, 6) is 2.52. The van der Waals surface area contributed by atoms with E-state index in [1.165, 1.54) is 16.7 Å². The molecular weight excluding hydrogens is 348 g/mol. The Labute approximate surface area is 167 Å². The van der Waals surface area contributed by atoms with E-state index in [9.17, 15) is 10.2 Å². The van der Waals surface area contributed by atoms with Crippen molar-refractivity contribution in [2.24, 2.45) is 17.3 Å². The Kier molecular flexibility index (Phi) is 4.48. The van der Waals surface area contributed by atoms with Gasteiger partial charge in [0, 0.05) is 0 Å². The maximum absolute atomic E-state index is 10.6. The second-order valence-corrected chi connectivity index (χ2v) is 9.34. The van der Waals surface area contributed by atoms with Gasteiger partial charge in [-0.3, -0.25) is 0 Å². The summed E-state index contributed by atoms with van der Waals surface area (Å²) in [5.41, 5.74) is 3.97. The largest absolute Gasteiger partial charge is 0.489 e. The Morgan fingerprint density at radius 3 is 2.71 bits per heavy atom. The number of hydrogen-bond acceptors (Lipinski definition) is 3. The minimum Gasteiger partial charge on any atom is -0.489 e. The first kappa shape index (κ1) is 18.2. The molecule has 3 aliphatic rings. The fourth-order valence-corrected chi connectivity index (χ4v) is 6.38. The summed E-state index contributed by atoms with van der Waals surface area (Å²) in [6.45, 7) is 2.80. The monoisotopic (exact) mass is 378 g/mol. The maximum Gasteiger partial charge on any atom is 0.120 e. The summed E-state index contributed by atoms with van der Waals surface area (Å²) >= 11 is 0. The first-order valence-corrected chi connectivity index (χ1v) is 10.7. The van der Waals surface area contributed by atoms with E-state index in [0.717, 1.165) is 37.9 Å². The van der Waals surface area contributed by atoms with Crippen LogP contribution >= 0.6 is 0 Å². The zero-order chi connectivity index (χ0) is 19.3. The maximum atomic E-state index is 10.6. The fraction of sp³-hybridized carbons (Fsp3) is 0.520. The van der Waals surface area contributed by atoms with Gasteiger partial charge in [0.2, 0.25) is 0 Å². The molecule has 0 unspecified atom stereocenters. The molecule has 2 aromatic carbocycles. The van der Waals surface area contributed by atoms with Gasteiger partial charge < -0.3 is 14.9 Å². The van der Waals surface area contributed by atoms with Crippen molar-refractivity contribution >= 4 is 0 Å². The second kappa shape index (κ2) is 6.89. The lowest BCUT2D eigenvalue weighted by atomic mass is 9.55. The smallest absolute Gasteiger partial charge is 0.120 e. The molecular formula is C25H30O3. The average Bonchev–Trinajstić information content (AvgIpc) is 2.96. The van der Waals surface area contributed by atoms with E-state index < -0.39 is 12.2 Å². The summed E-state index contributed by atoms with van der Waals surface area (Å²) < 4.78 is 6.04. The third-order valence-electron chi connectivity index (χ3n) is 7.92. The zero-order valence-electron chi connectivity index (χ0n) is 16.6. The standard InChI is InChI=1S/C25H30O3/c1-25-12-11-20-19-10-8-18(28-15-16-5-3-2-4-6-16)13-17(19)7-9-21(20)22(25)14-23(26)24(25)27/h2-6,8,10,13,20-24,26-27H,7,9,11-12,14-15H2,1H3/t20-,21+,22+,23+,24+,25-/m0/s1. The minimum atomic E-state index is -0.561. The van der Waals surface area contributed by atoms with Crippen LogP contribution in [0.5, 0.6) is 5.75 Å². The Hall–Kier alpha value is -1.84. The topological polar surface area (TPSA) is 49.7 Å². The highest BCUT2D eigenvalue weighted by Gasteiger charge is 2.57. The first-order chi connectivity index (χ1) is 13.6. The summed E-state index contributed by atoms with van der Waals surface area (Å²) in [6.07, 6.45) is 3.98.